The SMILES string of the molecule is CCOCCN(CCOC)c1ccc(NC(=O)C2CCC(NS(=O)(=O)C(C)(C)C)CC2)cc1. The summed E-state index contributed by atoms with van der Waals surface area (Å²) in [5, 5.41) is 3.02. The third-order valence-electron chi connectivity index (χ3n) is 6.00. The monoisotopic (exact) mass is 483 g/mol. The maximum atomic E-state index is 12.8. The van der Waals surface area contributed by atoms with Crippen LogP contribution in [0.15, 0.2) is 24.3 Å². The zero-order valence-corrected chi connectivity index (χ0v) is 21.5. The molecule has 0 bridgehead atoms. The molecule has 1 aliphatic carbocycles. The summed E-state index contributed by atoms with van der Waals surface area (Å²) >= 11 is 0. The number of carbonyl (C=O) groups is 1. The van der Waals surface area contributed by atoms with Gasteiger partial charge >= 0.3 is 0 Å². The van der Waals surface area contributed by atoms with Crippen molar-refractivity contribution in [3.63, 3.8) is 0 Å². The summed E-state index contributed by atoms with van der Waals surface area (Å²) in [6, 6.07) is 7.71. The van der Waals surface area contributed by atoms with Crippen LogP contribution in [0, 0.1) is 5.92 Å². The van der Waals surface area contributed by atoms with Gasteiger partial charge < -0.3 is 19.7 Å². The Morgan fingerprint density at radius 2 is 1.67 bits per heavy atom. The highest BCUT2D eigenvalue weighted by Crippen LogP contribution is 2.28. The van der Waals surface area contributed by atoms with E-state index in [1.54, 1.807) is 27.9 Å². The van der Waals surface area contributed by atoms with Crippen molar-refractivity contribution in [2.24, 2.45) is 5.92 Å². The number of benzene rings is 1. The summed E-state index contributed by atoms with van der Waals surface area (Å²) in [6.07, 6.45) is 2.67. The summed E-state index contributed by atoms with van der Waals surface area (Å²) in [6.45, 7) is 10.5. The molecule has 0 spiro atoms. The smallest absolute Gasteiger partial charge is 0.227 e. The molecule has 0 aliphatic heterocycles. The number of sulfonamides is 1. The van der Waals surface area contributed by atoms with Gasteiger partial charge in [0.05, 0.1) is 18.0 Å². The molecule has 2 N–H and O–H groups in total. The van der Waals surface area contributed by atoms with Crippen molar-refractivity contribution in [1.29, 1.82) is 0 Å². The summed E-state index contributed by atoms with van der Waals surface area (Å²) in [5.74, 6) is -0.114. The Hall–Kier alpha value is -1.68. The summed E-state index contributed by atoms with van der Waals surface area (Å²) < 4.78 is 37.4. The Kier molecular flexibility index (Phi) is 10.6. The van der Waals surface area contributed by atoms with E-state index in [4.69, 9.17) is 9.47 Å². The Labute approximate surface area is 199 Å². The summed E-state index contributed by atoms with van der Waals surface area (Å²) in [4.78, 5) is 15.0. The molecular formula is C24H41N3O5S. The van der Waals surface area contributed by atoms with Crippen LogP contribution in [0.1, 0.15) is 53.4 Å². The van der Waals surface area contributed by atoms with Crippen LogP contribution in [0.5, 0.6) is 0 Å². The highest BCUT2D eigenvalue weighted by molar-refractivity contribution is 7.90. The number of amides is 1. The Morgan fingerprint density at radius 1 is 1.06 bits per heavy atom. The molecule has 0 radical (unpaired) electrons. The van der Waals surface area contributed by atoms with Gasteiger partial charge in [-0.2, -0.15) is 0 Å². The van der Waals surface area contributed by atoms with Crippen LogP contribution >= 0.6 is 0 Å². The molecule has 2 rings (SSSR count). The van der Waals surface area contributed by atoms with Gasteiger partial charge in [-0.1, -0.05) is 0 Å². The van der Waals surface area contributed by atoms with Crippen LogP contribution in [0.25, 0.3) is 0 Å². The minimum absolute atomic E-state index is 0.00698. The normalized spacial score (nSPS) is 19.3. The third-order valence-corrected chi connectivity index (χ3v) is 8.26. The van der Waals surface area contributed by atoms with E-state index in [-0.39, 0.29) is 17.9 Å². The van der Waals surface area contributed by atoms with Gasteiger partial charge in [-0.05, 0) is 77.6 Å². The molecule has 1 aliphatic rings. The lowest BCUT2D eigenvalue weighted by atomic mass is 9.86. The van der Waals surface area contributed by atoms with Crippen molar-refractivity contribution in [3.8, 4) is 0 Å². The van der Waals surface area contributed by atoms with E-state index in [1.165, 1.54) is 0 Å². The largest absolute Gasteiger partial charge is 0.383 e. The van der Waals surface area contributed by atoms with Crippen LogP contribution in [0.3, 0.4) is 0 Å². The fourth-order valence-electron chi connectivity index (χ4n) is 3.76. The molecular weight excluding hydrogens is 442 g/mol. The fraction of sp³-hybridized carbons (Fsp3) is 0.708. The lowest BCUT2D eigenvalue weighted by Gasteiger charge is -2.30. The molecule has 33 heavy (non-hydrogen) atoms. The molecule has 0 heterocycles. The molecule has 1 aromatic carbocycles. The quantitative estimate of drug-likeness (QED) is 0.443. The second-order valence-corrected chi connectivity index (χ2v) is 12.0. The molecule has 0 saturated heterocycles. The molecule has 1 amide bonds. The zero-order valence-electron chi connectivity index (χ0n) is 20.7. The topological polar surface area (TPSA) is 97.0 Å². The van der Waals surface area contributed by atoms with Gasteiger partial charge in [0, 0.05) is 50.1 Å². The number of anilines is 2. The van der Waals surface area contributed by atoms with Gasteiger partial charge in [-0.3, -0.25) is 4.79 Å². The molecule has 1 fully saturated rings. The maximum absolute atomic E-state index is 12.8. The Balaban J connectivity index is 1.88. The number of hydrogen-bond acceptors (Lipinski definition) is 6. The van der Waals surface area contributed by atoms with Crippen LogP contribution in [0.4, 0.5) is 11.4 Å². The number of rotatable bonds is 12. The highest BCUT2D eigenvalue weighted by Gasteiger charge is 2.34. The maximum Gasteiger partial charge on any atom is 0.227 e. The first-order valence-corrected chi connectivity index (χ1v) is 13.3. The first-order valence-electron chi connectivity index (χ1n) is 11.8. The molecule has 0 unspecified atom stereocenters. The average Bonchev–Trinajstić information content (AvgIpc) is 2.76. The molecule has 0 aromatic heterocycles. The average molecular weight is 484 g/mol. The van der Waals surface area contributed by atoms with Crippen molar-refractivity contribution in [1.82, 2.24) is 4.72 Å². The number of carbonyl (C=O) groups excluding carboxylic acids is 1. The lowest BCUT2D eigenvalue weighted by Crippen LogP contribution is -2.46. The van der Waals surface area contributed by atoms with Gasteiger partial charge in [0.15, 0.2) is 0 Å². The second-order valence-electron chi connectivity index (χ2n) is 9.50. The Morgan fingerprint density at radius 3 is 2.21 bits per heavy atom. The number of nitrogens with one attached hydrogen (secondary N) is 2. The van der Waals surface area contributed by atoms with E-state index in [9.17, 15) is 13.2 Å². The van der Waals surface area contributed by atoms with Crippen molar-refractivity contribution in [2.75, 3.05) is 50.2 Å². The van der Waals surface area contributed by atoms with Crippen LogP contribution < -0.4 is 14.9 Å². The van der Waals surface area contributed by atoms with Crippen LogP contribution in [0.2, 0.25) is 0 Å². The van der Waals surface area contributed by atoms with Gasteiger partial charge in [0.2, 0.25) is 15.9 Å². The molecule has 9 heteroatoms. The van der Waals surface area contributed by atoms with E-state index in [0.717, 1.165) is 24.5 Å². The van der Waals surface area contributed by atoms with Crippen molar-refractivity contribution >= 4 is 27.3 Å². The van der Waals surface area contributed by atoms with Crippen molar-refractivity contribution < 1.29 is 22.7 Å². The van der Waals surface area contributed by atoms with Gasteiger partial charge in [0.1, 0.15) is 0 Å². The van der Waals surface area contributed by atoms with E-state index in [2.05, 4.69) is 14.9 Å². The fourth-order valence-corrected chi connectivity index (χ4v) is 4.79. The second kappa shape index (κ2) is 12.7. The molecule has 1 aromatic rings. The number of nitrogens with zero attached hydrogens (tertiary/aromatic N) is 1. The molecule has 8 nitrogen and oxygen atoms in total. The highest BCUT2D eigenvalue weighted by atomic mass is 32.2. The van der Waals surface area contributed by atoms with Gasteiger partial charge in [-0.25, -0.2) is 13.1 Å². The summed E-state index contributed by atoms with van der Waals surface area (Å²) in [5.41, 5.74) is 1.81. The standard InChI is InChI=1S/C24H41N3O5S/c1-6-32-18-16-27(15-17-31-5)22-13-11-20(12-14-22)25-23(28)19-7-9-21(10-8-19)26-33(29,30)24(2,3)4/h11-14,19,21,26H,6-10,15-18H2,1-5H3,(H,25,28). The van der Waals surface area contributed by atoms with E-state index in [0.29, 0.717) is 45.5 Å². The van der Waals surface area contributed by atoms with E-state index in [1.807, 2.05) is 31.2 Å². The minimum Gasteiger partial charge on any atom is -0.383 e. The van der Waals surface area contributed by atoms with Crippen molar-refractivity contribution in [2.45, 2.75) is 64.2 Å². The van der Waals surface area contributed by atoms with Crippen LogP contribution in [-0.2, 0) is 24.3 Å². The molecule has 0 atom stereocenters. The minimum atomic E-state index is -3.38. The number of methoxy groups -OCH3 is 1. The van der Waals surface area contributed by atoms with Gasteiger partial charge in [-0.15, -0.1) is 0 Å². The van der Waals surface area contributed by atoms with E-state index < -0.39 is 14.8 Å². The molecule has 188 valence electrons. The van der Waals surface area contributed by atoms with Crippen molar-refractivity contribution in [3.05, 3.63) is 24.3 Å². The van der Waals surface area contributed by atoms with Gasteiger partial charge in [0.25, 0.3) is 0 Å². The van der Waals surface area contributed by atoms with Crippen LogP contribution in [-0.4, -0.2) is 65.1 Å². The summed E-state index contributed by atoms with van der Waals surface area (Å²) in [7, 11) is -1.69. The zero-order chi connectivity index (χ0) is 24.5. The molecule has 1 saturated carbocycles. The predicted molar refractivity (Wildman–Crippen MR) is 133 cm³/mol. The first-order chi connectivity index (χ1) is 15.6. The lowest BCUT2D eigenvalue weighted by molar-refractivity contribution is -0.120. The third kappa shape index (κ3) is 8.55. The first kappa shape index (κ1) is 27.6. The number of hydrogen-bond donors (Lipinski definition) is 2. The predicted octanol–water partition coefficient (Wildman–Crippen LogP) is 3.39. The van der Waals surface area contributed by atoms with E-state index >= 15 is 0 Å². The Bertz CT molecular complexity index is 829. The number of ether oxygens (including phenoxy) is 2.